The van der Waals surface area contributed by atoms with Gasteiger partial charge in [0.05, 0.1) is 6.26 Å². The molecule has 0 aliphatic carbocycles. The highest BCUT2D eigenvalue weighted by atomic mass is 16.3. The number of furan rings is 1. The maximum absolute atomic E-state index is 5.68. The van der Waals surface area contributed by atoms with E-state index in [1.807, 2.05) is 24.3 Å². The predicted molar refractivity (Wildman–Crippen MR) is 68.3 cm³/mol. The molecule has 17 heavy (non-hydrogen) atoms. The van der Waals surface area contributed by atoms with Crippen LogP contribution in [0.5, 0.6) is 0 Å². The molecule has 0 spiro atoms. The third-order valence-corrected chi connectivity index (χ3v) is 2.65. The topological polar surface area (TPSA) is 78.1 Å². The van der Waals surface area contributed by atoms with Crippen LogP contribution in [0.4, 0.5) is 11.6 Å². The van der Waals surface area contributed by atoms with Crippen molar-refractivity contribution in [2.45, 2.75) is 0 Å². The molecule has 4 N–H and O–H groups in total. The molecule has 84 valence electrons. The van der Waals surface area contributed by atoms with E-state index in [0.717, 1.165) is 22.1 Å². The third kappa shape index (κ3) is 1.69. The highest BCUT2D eigenvalue weighted by Crippen LogP contribution is 2.26. The van der Waals surface area contributed by atoms with Gasteiger partial charge >= 0.3 is 0 Å². The smallest absolute Gasteiger partial charge is 0.133 e. The number of nitrogen functional groups attached to an aromatic ring is 2. The molecule has 3 rings (SSSR count). The zero-order valence-corrected chi connectivity index (χ0v) is 9.05. The van der Waals surface area contributed by atoms with Crippen molar-refractivity contribution in [1.29, 1.82) is 0 Å². The normalized spacial score (nSPS) is 10.8. The predicted octanol–water partition coefficient (Wildman–Crippen LogP) is 2.66. The van der Waals surface area contributed by atoms with Gasteiger partial charge < -0.3 is 15.9 Å². The van der Waals surface area contributed by atoms with Gasteiger partial charge in [0.1, 0.15) is 17.2 Å². The molecule has 0 saturated heterocycles. The fourth-order valence-electron chi connectivity index (χ4n) is 1.89. The summed E-state index contributed by atoms with van der Waals surface area (Å²) in [6.07, 6.45) is 1.67. The van der Waals surface area contributed by atoms with Crippen LogP contribution in [0.3, 0.4) is 0 Å². The summed E-state index contributed by atoms with van der Waals surface area (Å²) in [4.78, 5) is 3.95. The first-order valence-electron chi connectivity index (χ1n) is 5.23. The van der Waals surface area contributed by atoms with Gasteiger partial charge in [-0.05, 0) is 41.5 Å². The maximum Gasteiger partial charge on any atom is 0.133 e. The highest BCUT2D eigenvalue weighted by molar-refractivity contribution is 5.84. The van der Waals surface area contributed by atoms with Crippen molar-refractivity contribution < 1.29 is 4.42 Å². The number of hydrogen-bond donors (Lipinski definition) is 2. The van der Waals surface area contributed by atoms with Crippen LogP contribution in [-0.4, -0.2) is 4.98 Å². The molecule has 0 radical (unpaired) electrons. The van der Waals surface area contributed by atoms with Gasteiger partial charge in [0, 0.05) is 5.39 Å². The molecule has 0 aliphatic rings. The Balaban J connectivity index is 2.19. The van der Waals surface area contributed by atoms with Crippen molar-refractivity contribution in [3.05, 3.63) is 42.7 Å². The van der Waals surface area contributed by atoms with Crippen LogP contribution in [0.25, 0.3) is 22.1 Å². The zero-order valence-electron chi connectivity index (χ0n) is 9.05. The van der Waals surface area contributed by atoms with Crippen LogP contribution in [0.1, 0.15) is 0 Å². The van der Waals surface area contributed by atoms with Crippen molar-refractivity contribution in [2.24, 2.45) is 0 Å². The second-order valence-corrected chi connectivity index (χ2v) is 3.88. The Hall–Kier alpha value is -2.49. The number of pyridine rings is 1. The van der Waals surface area contributed by atoms with E-state index in [4.69, 9.17) is 15.9 Å². The first-order chi connectivity index (χ1) is 8.22. The molecule has 1 aromatic carbocycles. The van der Waals surface area contributed by atoms with E-state index in [-0.39, 0.29) is 0 Å². The molecule has 0 atom stereocenters. The fourth-order valence-corrected chi connectivity index (χ4v) is 1.89. The van der Waals surface area contributed by atoms with Crippen LogP contribution in [-0.2, 0) is 0 Å². The van der Waals surface area contributed by atoms with E-state index in [1.165, 1.54) is 0 Å². The van der Waals surface area contributed by atoms with Crippen molar-refractivity contribution in [3.63, 3.8) is 0 Å². The average molecular weight is 225 g/mol. The van der Waals surface area contributed by atoms with Crippen LogP contribution < -0.4 is 11.5 Å². The molecule has 4 nitrogen and oxygen atoms in total. The van der Waals surface area contributed by atoms with Gasteiger partial charge in [-0.1, -0.05) is 6.07 Å². The molecule has 0 amide bonds. The van der Waals surface area contributed by atoms with Crippen LogP contribution >= 0.6 is 0 Å². The van der Waals surface area contributed by atoms with E-state index in [9.17, 15) is 0 Å². The Labute approximate surface area is 97.9 Å². The molecule has 3 aromatic rings. The van der Waals surface area contributed by atoms with Gasteiger partial charge in [-0.2, -0.15) is 0 Å². The lowest BCUT2D eigenvalue weighted by Gasteiger charge is -2.04. The minimum absolute atomic E-state index is 0.423. The number of fused-ring (bicyclic) bond motifs is 1. The van der Waals surface area contributed by atoms with Gasteiger partial charge in [-0.15, -0.1) is 0 Å². The molecule has 0 saturated carbocycles. The minimum atomic E-state index is 0.423. The standard InChI is InChI=1S/C13H11N3O/c14-12-6-10(7-13(15)16-12)8-1-2-11-9(5-8)3-4-17-11/h1-7H,(H4,14,15,16). The molecule has 4 heteroatoms. The summed E-state index contributed by atoms with van der Waals surface area (Å²) in [6, 6.07) is 11.5. The Morgan fingerprint density at radius 1 is 0.882 bits per heavy atom. The van der Waals surface area contributed by atoms with E-state index >= 15 is 0 Å². The molecule has 0 aliphatic heterocycles. The zero-order chi connectivity index (χ0) is 11.8. The molecular weight excluding hydrogens is 214 g/mol. The molecule has 2 aromatic heterocycles. The number of nitrogens with two attached hydrogens (primary N) is 2. The monoisotopic (exact) mass is 225 g/mol. The molecular formula is C13H11N3O. The first kappa shape index (κ1) is 9.72. The largest absolute Gasteiger partial charge is 0.464 e. The molecule has 2 heterocycles. The first-order valence-corrected chi connectivity index (χ1v) is 5.23. The van der Waals surface area contributed by atoms with Gasteiger partial charge in [-0.25, -0.2) is 4.98 Å². The lowest BCUT2D eigenvalue weighted by atomic mass is 10.1. The average Bonchev–Trinajstić information content (AvgIpc) is 2.74. The van der Waals surface area contributed by atoms with Gasteiger partial charge in [-0.3, -0.25) is 0 Å². The van der Waals surface area contributed by atoms with E-state index < -0.39 is 0 Å². The minimum Gasteiger partial charge on any atom is -0.464 e. The van der Waals surface area contributed by atoms with Gasteiger partial charge in [0.15, 0.2) is 0 Å². The lowest BCUT2D eigenvalue weighted by molar-refractivity contribution is 0.616. The number of hydrogen-bond acceptors (Lipinski definition) is 4. The summed E-state index contributed by atoms with van der Waals surface area (Å²) >= 11 is 0. The molecule has 0 fully saturated rings. The van der Waals surface area contributed by atoms with Gasteiger partial charge in [0.2, 0.25) is 0 Å². The summed E-state index contributed by atoms with van der Waals surface area (Å²) in [5, 5.41) is 1.05. The summed E-state index contributed by atoms with van der Waals surface area (Å²) in [5.41, 5.74) is 14.2. The van der Waals surface area contributed by atoms with Crippen molar-refractivity contribution in [3.8, 4) is 11.1 Å². The third-order valence-electron chi connectivity index (χ3n) is 2.65. The van der Waals surface area contributed by atoms with Crippen molar-refractivity contribution in [2.75, 3.05) is 11.5 Å². The van der Waals surface area contributed by atoms with Crippen molar-refractivity contribution in [1.82, 2.24) is 4.98 Å². The SMILES string of the molecule is Nc1cc(-c2ccc3occc3c2)cc(N)n1. The second kappa shape index (κ2) is 3.52. The van der Waals surface area contributed by atoms with Crippen LogP contribution in [0, 0.1) is 0 Å². The highest BCUT2D eigenvalue weighted by Gasteiger charge is 2.03. The lowest BCUT2D eigenvalue weighted by Crippen LogP contribution is -1.96. The second-order valence-electron chi connectivity index (χ2n) is 3.88. The molecule has 0 unspecified atom stereocenters. The van der Waals surface area contributed by atoms with Crippen LogP contribution in [0.15, 0.2) is 47.1 Å². The summed E-state index contributed by atoms with van der Waals surface area (Å²) in [7, 11) is 0. The summed E-state index contributed by atoms with van der Waals surface area (Å²) < 4.78 is 5.29. The number of nitrogens with zero attached hydrogens (tertiary/aromatic N) is 1. The quantitative estimate of drug-likeness (QED) is 0.667. The van der Waals surface area contributed by atoms with E-state index in [1.54, 1.807) is 18.4 Å². The number of benzene rings is 1. The van der Waals surface area contributed by atoms with E-state index in [0.29, 0.717) is 11.6 Å². The number of aromatic nitrogens is 1. The van der Waals surface area contributed by atoms with E-state index in [2.05, 4.69) is 4.98 Å². The molecule has 0 bridgehead atoms. The van der Waals surface area contributed by atoms with Crippen molar-refractivity contribution >= 4 is 22.6 Å². The van der Waals surface area contributed by atoms with Gasteiger partial charge in [0.25, 0.3) is 0 Å². The Morgan fingerprint density at radius 2 is 1.65 bits per heavy atom. The van der Waals surface area contributed by atoms with Crippen LogP contribution in [0.2, 0.25) is 0 Å². The Morgan fingerprint density at radius 3 is 2.41 bits per heavy atom. The number of rotatable bonds is 1. The number of anilines is 2. The summed E-state index contributed by atoms with van der Waals surface area (Å²) in [5.74, 6) is 0.847. The maximum atomic E-state index is 5.68. The fraction of sp³-hybridized carbons (Fsp3) is 0. The Bertz CT molecular complexity index is 668. The summed E-state index contributed by atoms with van der Waals surface area (Å²) in [6.45, 7) is 0. The Kier molecular flexibility index (Phi) is 2.01.